The number of hydrogen-bond donors (Lipinski definition) is 1. The third-order valence-electron chi connectivity index (χ3n) is 2.43. The Morgan fingerprint density at radius 3 is 2.91 bits per heavy atom. The SMILES string of the molecule is CCCC1(F)CCCNCC1. The second-order valence-corrected chi connectivity index (χ2v) is 3.50. The minimum atomic E-state index is -0.849. The van der Waals surface area contributed by atoms with E-state index in [0.717, 1.165) is 38.8 Å². The molecule has 0 aliphatic carbocycles. The van der Waals surface area contributed by atoms with Gasteiger partial charge in [-0.25, -0.2) is 4.39 Å². The molecular formula is C9H18FN. The van der Waals surface area contributed by atoms with Gasteiger partial charge in [-0.3, -0.25) is 0 Å². The largest absolute Gasteiger partial charge is 0.317 e. The summed E-state index contributed by atoms with van der Waals surface area (Å²) in [4.78, 5) is 0. The first-order valence-electron chi connectivity index (χ1n) is 4.66. The van der Waals surface area contributed by atoms with E-state index in [0.29, 0.717) is 6.42 Å². The molecule has 66 valence electrons. The van der Waals surface area contributed by atoms with Gasteiger partial charge in [-0.15, -0.1) is 0 Å². The summed E-state index contributed by atoms with van der Waals surface area (Å²) in [5, 5.41) is 3.22. The molecule has 0 aromatic rings. The van der Waals surface area contributed by atoms with Gasteiger partial charge in [0.1, 0.15) is 5.67 Å². The highest BCUT2D eigenvalue weighted by molar-refractivity contribution is 4.82. The molecule has 1 N–H and O–H groups in total. The molecule has 0 bridgehead atoms. The Balaban J connectivity index is 2.38. The zero-order chi connectivity index (χ0) is 8.16. The maximum atomic E-state index is 13.8. The van der Waals surface area contributed by atoms with E-state index >= 15 is 0 Å². The predicted molar refractivity (Wildman–Crippen MR) is 45.5 cm³/mol. The van der Waals surface area contributed by atoms with Crippen molar-refractivity contribution in [3.05, 3.63) is 0 Å². The second kappa shape index (κ2) is 4.05. The fourth-order valence-corrected chi connectivity index (χ4v) is 1.79. The molecule has 1 heterocycles. The van der Waals surface area contributed by atoms with Crippen molar-refractivity contribution >= 4 is 0 Å². The number of halogens is 1. The number of alkyl halides is 1. The summed E-state index contributed by atoms with van der Waals surface area (Å²) in [5.41, 5.74) is -0.849. The zero-order valence-electron chi connectivity index (χ0n) is 7.33. The monoisotopic (exact) mass is 159 g/mol. The van der Waals surface area contributed by atoms with Gasteiger partial charge in [0.15, 0.2) is 0 Å². The molecule has 1 unspecified atom stereocenters. The molecular weight excluding hydrogens is 141 g/mol. The highest BCUT2D eigenvalue weighted by Gasteiger charge is 2.28. The molecule has 1 saturated heterocycles. The normalized spacial score (nSPS) is 33.3. The van der Waals surface area contributed by atoms with Gasteiger partial charge in [0.2, 0.25) is 0 Å². The van der Waals surface area contributed by atoms with Crippen LogP contribution >= 0.6 is 0 Å². The van der Waals surface area contributed by atoms with Crippen LogP contribution in [-0.4, -0.2) is 18.8 Å². The third-order valence-corrected chi connectivity index (χ3v) is 2.43. The van der Waals surface area contributed by atoms with Crippen molar-refractivity contribution < 1.29 is 4.39 Å². The van der Waals surface area contributed by atoms with Gasteiger partial charge in [0.25, 0.3) is 0 Å². The van der Waals surface area contributed by atoms with E-state index in [1.54, 1.807) is 0 Å². The van der Waals surface area contributed by atoms with Crippen LogP contribution in [0.1, 0.15) is 39.0 Å². The van der Waals surface area contributed by atoms with E-state index in [1.165, 1.54) is 0 Å². The molecule has 2 heteroatoms. The second-order valence-electron chi connectivity index (χ2n) is 3.50. The Morgan fingerprint density at radius 2 is 2.18 bits per heavy atom. The van der Waals surface area contributed by atoms with Crippen molar-refractivity contribution in [2.75, 3.05) is 13.1 Å². The van der Waals surface area contributed by atoms with Gasteiger partial charge in [-0.05, 0) is 38.8 Å². The fourth-order valence-electron chi connectivity index (χ4n) is 1.79. The van der Waals surface area contributed by atoms with Crippen LogP contribution in [0.2, 0.25) is 0 Å². The van der Waals surface area contributed by atoms with E-state index in [9.17, 15) is 4.39 Å². The average molecular weight is 159 g/mol. The van der Waals surface area contributed by atoms with Crippen LogP contribution in [0.15, 0.2) is 0 Å². The van der Waals surface area contributed by atoms with Gasteiger partial charge in [0, 0.05) is 0 Å². The summed E-state index contributed by atoms with van der Waals surface area (Å²) >= 11 is 0. The van der Waals surface area contributed by atoms with Crippen LogP contribution < -0.4 is 5.32 Å². The van der Waals surface area contributed by atoms with Crippen LogP contribution in [0.3, 0.4) is 0 Å². The molecule has 1 atom stereocenters. The first kappa shape index (κ1) is 8.98. The molecule has 0 aromatic carbocycles. The van der Waals surface area contributed by atoms with Crippen molar-refractivity contribution in [2.24, 2.45) is 0 Å². The smallest absolute Gasteiger partial charge is 0.112 e. The number of nitrogens with one attached hydrogen (secondary N) is 1. The molecule has 0 saturated carbocycles. The minimum absolute atomic E-state index is 0.709. The molecule has 1 fully saturated rings. The molecule has 1 rings (SSSR count). The van der Waals surface area contributed by atoms with E-state index in [-0.39, 0.29) is 0 Å². The Labute approximate surface area is 68.4 Å². The summed E-state index contributed by atoms with van der Waals surface area (Å²) in [6, 6.07) is 0. The molecule has 1 nitrogen and oxygen atoms in total. The molecule has 0 amide bonds. The topological polar surface area (TPSA) is 12.0 Å². The van der Waals surface area contributed by atoms with Crippen LogP contribution in [-0.2, 0) is 0 Å². The lowest BCUT2D eigenvalue weighted by atomic mass is 9.92. The lowest BCUT2D eigenvalue weighted by Gasteiger charge is -2.21. The molecule has 0 aromatic heterocycles. The highest BCUT2D eigenvalue weighted by Crippen LogP contribution is 2.28. The lowest BCUT2D eigenvalue weighted by Crippen LogP contribution is -2.24. The fraction of sp³-hybridized carbons (Fsp3) is 1.00. The number of rotatable bonds is 2. The summed E-state index contributed by atoms with van der Waals surface area (Å²) in [6.45, 7) is 3.91. The van der Waals surface area contributed by atoms with E-state index in [4.69, 9.17) is 0 Å². The van der Waals surface area contributed by atoms with Crippen LogP contribution in [0, 0.1) is 0 Å². The summed E-state index contributed by atoms with van der Waals surface area (Å²) in [5.74, 6) is 0. The van der Waals surface area contributed by atoms with Gasteiger partial charge in [-0.2, -0.15) is 0 Å². The Bertz CT molecular complexity index is 106. The zero-order valence-corrected chi connectivity index (χ0v) is 7.33. The van der Waals surface area contributed by atoms with Crippen LogP contribution in [0.5, 0.6) is 0 Å². The lowest BCUT2D eigenvalue weighted by molar-refractivity contribution is 0.131. The van der Waals surface area contributed by atoms with Crippen molar-refractivity contribution in [3.8, 4) is 0 Å². The average Bonchev–Trinajstić information content (AvgIpc) is 2.15. The maximum Gasteiger partial charge on any atom is 0.112 e. The predicted octanol–water partition coefficient (Wildman–Crippen LogP) is 2.27. The van der Waals surface area contributed by atoms with Crippen molar-refractivity contribution in [1.29, 1.82) is 0 Å². The van der Waals surface area contributed by atoms with E-state index in [1.807, 2.05) is 0 Å². The van der Waals surface area contributed by atoms with Crippen molar-refractivity contribution in [1.82, 2.24) is 5.32 Å². The molecule has 1 aliphatic rings. The van der Waals surface area contributed by atoms with E-state index < -0.39 is 5.67 Å². The molecule has 0 radical (unpaired) electrons. The Kier molecular flexibility index (Phi) is 3.31. The summed E-state index contributed by atoms with van der Waals surface area (Å²) in [7, 11) is 0. The van der Waals surface area contributed by atoms with Crippen LogP contribution in [0.4, 0.5) is 4.39 Å². The maximum absolute atomic E-state index is 13.8. The summed E-state index contributed by atoms with van der Waals surface area (Å²) in [6.07, 6.45) is 4.18. The van der Waals surface area contributed by atoms with Gasteiger partial charge in [-0.1, -0.05) is 13.3 Å². The first-order valence-corrected chi connectivity index (χ1v) is 4.66. The third kappa shape index (κ3) is 2.78. The van der Waals surface area contributed by atoms with Crippen molar-refractivity contribution in [3.63, 3.8) is 0 Å². The first-order chi connectivity index (χ1) is 5.27. The molecule has 1 aliphatic heterocycles. The Hall–Kier alpha value is -0.110. The van der Waals surface area contributed by atoms with E-state index in [2.05, 4.69) is 12.2 Å². The summed E-state index contributed by atoms with van der Waals surface area (Å²) < 4.78 is 13.8. The minimum Gasteiger partial charge on any atom is -0.317 e. The van der Waals surface area contributed by atoms with Gasteiger partial charge < -0.3 is 5.32 Å². The highest BCUT2D eigenvalue weighted by atomic mass is 19.1. The van der Waals surface area contributed by atoms with Gasteiger partial charge >= 0.3 is 0 Å². The van der Waals surface area contributed by atoms with Gasteiger partial charge in [0.05, 0.1) is 0 Å². The van der Waals surface area contributed by atoms with Crippen LogP contribution in [0.25, 0.3) is 0 Å². The Morgan fingerprint density at radius 1 is 1.36 bits per heavy atom. The number of hydrogen-bond acceptors (Lipinski definition) is 1. The standard InChI is InChI=1S/C9H18FN/c1-2-4-9(10)5-3-7-11-8-6-9/h11H,2-8H2,1H3. The quantitative estimate of drug-likeness (QED) is 0.651. The molecule has 11 heavy (non-hydrogen) atoms. The van der Waals surface area contributed by atoms with Crippen molar-refractivity contribution in [2.45, 2.75) is 44.7 Å². The molecule has 0 spiro atoms.